The average Bonchev–Trinajstić information content (AvgIpc) is 3.64. The molecular formula is C24H15FN4O6S2. The van der Waals surface area contributed by atoms with Gasteiger partial charge in [-0.05, 0) is 47.5 Å². The van der Waals surface area contributed by atoms with Crippen molar-refractivity contribution in [3.63, 3.8) is 0 Å². The SMILES string of the molecule is O=C(C1=C(O)C(=O)N(c2nnc(SCc3ccc(F)cc3)s2)C1c1ccc([N+](=O)[O-])cc1)c1ccco1. The fourth-order valence-electron chi connectivity index (χ4n) is 3.75. The Hall–Kier alpha value is -4.36. The van der Waals surface area contributed by atoms with Gasteiger partial charge in [0, 0.05) is 17.9 Å². The quantitative estimate of drug-likeness (QED) is 0.105. The van der Waals surface area contributed by atoms with Gasteiger partial charge in [0.05, 0.1) is 22.8 Å². The zero-order chi connectivity index (χ0) is 26.1. The maximum absolute atomic E-state index is 13.2. The Morgan fingerprint density at radius 2 is 1.89 bits per heavy atom. The number of hydrogen-bond acceptors (Lipinski definition) is 10. The lowest BCUT2D eigenvalue weighted by atomic mass is 9.95. The summed E-state index contributed by atoms with van der Waals surface area (Å²) in [6, 6.07) is 13.1. The molecule has 1 unspecified atom stereocenters. The minimum atomic E-state index is -1.13. The van der Waals surface area contributed by atoms with E-state index in [1.165, 1.54) is 66.6 Å². The van der Waals surface area contributed by atoms with Crippen molar-refractivity contribution in [1.29, 1.82) is 0 Å². The van der Waals surface area contributed by atoms with Gasteiger partial charge in [-0.15, -0.1) is 10.2 Å². The molecule has 1 aliphatic heterocycles. The topological polar surface area (TPSA) is 140 Å². The maximum atomic E-state index is 13.2. The first-order valence-corrected chi connectivity index (χ1v) is 12.4. The number of aliphatic hydroxyl groups excluding tert-OH is 1. The number of carbonyl (C=O) groups is 2. The predicted molar refractivity (Wildman–Crippen MR) is 132 cm³/mol. The third-order valence-electron chi connectivity index (χ3n) is 5.49. The van der Waals surface area contributed by atoms with E-state index in [2.05, 4.69) is 10.2 Å². The van der Waals surface area contributed by atoms with E-state index in [0.29, 0.717) is 15.7 Å². The number of benzene rings is 2. The second kappa shape index (κ2) is 9.95. The highest BCUT2D eigenvalue weighted by Crippen LogP contribution is 2.44. The maximum Gasteiger partial charge on any atom is 0.296 e. The van der Waals surface area contributed by atoms with Crippen molar-refractivity contribution in [3.8, 4) is 0 Å². The van der Waals surface area contributed by atoms with Crippen LogP contribution >= 0.6 is 23.1 Å². The van der Waals surface area contributed by atoms with Crippen molar-refractivity contribution in [2.24, 2.45) is 0 Å². The van der Waals surface area contributed by atoms with Crippen LogP contribution in [0, 0.1) is 15.9 Å². The van der Waals surface area contributed by atoms with Crippen molar-refractivity contribution in [1.82, 2.24) is 10.2 Å². The molecule has 0 aliphatic carbocycles. The van der Waals surface area contributed by atoms with E-state index in [1.54, 1.807) is 12.1 Å². The van der Waals surface area contributed by atoms with Gasteiger partial charge in [-0.25, -0.2) is 4.39 Å². The molecule has 1 amide bonds. The van der Waals surface area contributed by atoms with Crippen LogP contribution in [-0.2, 0) is 10.5 Å². The predicted octanol–water partition coefficient (Wildman–Crippen LogP) is 5.25. The molecule has 5 rings (SSSR count). The highest BCUT2D eigenvalue weighted by Gasteiger charge is 2.46. The summed E-state index contributed by atoms with van der Waals surface area (Å²) in [6.07, 6.45) is 1.29. The first-order chi connectivity index (χ1) is 17.8. The summed E-state index contributed by atoms with van der Waals surface area (Å²) >= 11 is 2.39. The number of anilines is 1. The summed E-state index contributed by atoms with van der Waals surface area (Å²) in [7, 11) is 0. The third kappa shape index (κ3) is 4.73. The van der Waals surface area contributed by atoms with Gasteiger partial charge in [-0.1, -0.05) is 35.2 Å². The van der Waals surface area contributed by atoms with Crippen LogP contribution in [0.5, 0.6) is 0 Å². The number of aliphatic hydroxyl groups is 1. The van der Waals surface area contributed by atoms with Gasteiger partial charge < -0.3 is 9.52 Å². The number of halogens is 1. The fraction of sp³-hybridized carbons (Fsp3) is 0.0833. The third-order valence-corrected chi connectivity index (χ3v) is 7.62. The number of carbonyl (C=O) groups excluding carboxylic acids is 2. The van der Waals surface area contributed by atoms with E-state index >= 15 is 0 Å². The summed E-state index contributed by atoms with van der Waals surface area (Å²) in [5, 5.41) is 30.2. The van der Waals surface area contributed by atoms with Crippen molar-refractivity contribution in [2.75, 3.05) is 4.90 Å². The average molecular weight is 539 g/mol. The molecule has 37 heavy (non-hydrogen) atoms. The first-order valence-electron chi connectivity index (χ1n) is 10.6. The number of thioether (sulfide) groups is 1. The van der Waals surface area contributed by atoms with E-state index in [0.717, 1.165) is 21.8 Å². The van der Waals surface area contributed by atoms with Gasteiger partial charge in [-0.3, -0.25) is 24.6 Å². The highest BCUT2D eigenvalue weighted by atomic mass is 32.2. The number of ketones is 1. The number of nitrogens with zero attached hydrogens (tertiary/aromatic N) is 4. The van der Waals surface area contributed by atoms with Crippen LogP contribution in [0.15, 0.2) is 87.0 Å². The van der Waals surface area contributed by atoms with Gasteiger partial charge in [0.15, 0.2) is 15.9 Å². The fourth-order valence-corrected chi connectivity index (χ4v) is 5.58. The smallest absolute Gasteiger partial charge is 0.296 e. The van der Waals surface area contributed by atoms with Crippen molar-refractivity contribution in [3.05, 3.63) is 111 Å². The van der Waals surface area contributed by atoms with E-state index in [-0.39, 0.29) is 28.0 Å². The monoisotopic (exact) mass is 538 g/mol. The molecule has 1 N–H and O–H groups in total. The van der Waals surface area contributed by atoms with Crippen LogP contribution in [0.1, 0.15) is 27.7 Å². The van der Waals surface area contributed by atoms with Crippen LogP contribution in [0.3, 0.4) is 0 Å². The Labute approximate surface area is 216 Å². The second-order valence-corrected chi connectivity index (χ2v) is 9.94. The van der Waals surface area contributed by atoms with Crippen LogP contribution in [0.4, 0.5) is 15.2 Å². The number of amides is 1. The molecule has 2 aromatic carbocycles. The van der Waals surface area contributed by atoms with E-state index in [1.807, 2.05) is 0 Å². The Morgan fingerprint density at radius 3 is 2.54 bits per heavy atom. The number of nitro benzene ring substituents is 1. The molecule has 186 valence electrons. The summed E-state index contributed by atoms with van der Waals surface area (Å²) in [5.41, 5.74) is 0.773. The molecule has 0 saturated carbocycles. The summed E-state index contributed by atoms with van der Waals surface area (Å²) < 4.78 is 18.8. The molecule has 13 heteroatoms. The number of aromatic nitrogens is 2. The molecule has 10 nitrogen and oxygen atoms in total. The molecule has 3 heterocycles. The number of furan rings is 1. The lowest BCUT2D eigenvalue weighted by Gasteiger charge is -2.23. The number of hydrogen-bond donors (Lipinski definition) is 1. The largest absolute Gasteiger partial charge is 0.503 e. The molecule has 2 aromatic heterocycles. The van der Waals surface area contributed by atoms with Crippen LogP contribution in [0.25, 0.3) is 0 Å². The van der Waals surface area contributed by atoms with E-state index in [4.69, 9.17) is 4.42 Å². The molecular weight excluding hydrogens is 523 g/mol. The van der Waals surface area contributed by atoms with E-state index < -0.39 is 28.4 Å². The van der Waals surface area contributed by atoms with Gasteiger partial charge in [-0.2, -0.15) is 0 Å². The van der Waals surface area contributed by atoms with Crippen molar-refractivity contribution in [2.45, 2.75) is 16.1 Å². The molecule has 1 atom stereocenters. The molecule has 1 aliphatic rings. The summed E-state index contributed by atoms with van der Waals surface area (Å²) in [4.78, 5) is 38.1. The van der Waals surface area contributed by atoms with E-state index in [9.17, 15) is 29.2 Å². The number of Topliss-reactive ketones (excluding diaryl/α,β-unsaturated/α-hetero) is 1. The van der Waals surface area contributed by atoms with Gasteiger partial charge in [0.1, 0.15) is 5.82 Å². The Bertz CT molecular complexity index is 1520. The second-order valence-electron chi connectivity index (χ2n) is 7.76. The molecule has 4 aromatic rings. The van der Waals surface area contributed by atoms with Crippen LogP contribution in [0.2, 0.25) is 0 Å². The number of nitro groups is 1. The van der Waals surface area contributed by atoms with Gasteiger partial charge in [0.2, 0.25) is 10.9 Å². The van der Waals surface area contributed by atoms with Crippen LogP contribution in [-0.4, -0.2) is 31.9 Å². The Balaban J connectivity index is 1.49. The Kier molecular flexibility index (Phi) is 6.54. The normalized spacial score (nSPS) is 15.4. The van der Waals surface area contributed by atoms with Crippen molar-refractivity contribution >= 4 is 45.6 Å². The number of rotatable bonds is 8. The Morgan fingerprint density at radius 1 is 1.16 bits per heavy atom. The zero-order valence-electron chi connectivity index (χ0n) is 18.6. The molecule has 0 fully saturated rings. The lowest BCUT2D eigenvalue weighted by molar-refractivity contribution is -0.384. The molecule has 0 spiro atoms. The molecule has 0 radical (unpaired) electrons. The standard InChI is InChI=1S/C24H15FN4O6S2/c25-15-7-3-13(4-8-15)12-36-24-27-26-23(37-24)28-19(14-5-9-16(10-6-14)29(33)34)18(21(31)22(28)32)20(30)17-2-1-11-35-17/h1-11,19,31H,12H2. The summed E-state index contributed by atoms with van der Waals surface area (Å²) in [6.45, 7) is 0. The number of non-ortho nitro benzene ring substituents is 1. The molecule has 0 saturated heterocycles. The van der Waals surface area contributed by atoms with Gasteiger partial charge >= 0.3 is 0 Å². The minimum Gasteiger partial charge on any atom is -0.503 e. The molecule has 0 bridgehead atoms. The van der Waals surface area contributed by atoms with Crippen LogP contribution < -0.4 is 4.90 Å². The summed E-state index contributed by atoms with van der Waals surface area (Å²) in [5.74, 6) is -2.32. The first kappa shape index (κ1) is 24.3. The lowest BCUT2D eigenvalue weighted by Crippen LogP contribution is -2.31. The van der Waals surface area contributed by atoms with Crippen molar-refractivity contribution < 1.29 is 28.4 Å². The van der Waals surface area contributed by atoms with Gasteiger partial charge in [0.25, 0.3) is 11.6 Å². The highest BCUT2D eigenvalue weighted by molar-refractivity contribution is 8.00. The minimum absolute atomic E-state index is 0.0871. The zero-order valence-corrected chi connectivity index (χ0v) is 20.2.